The zero-order valence-corrected chi connectivity index (χ0v) is 11.4. The van der Waals surface area contributed by atoms with Crippen LogP contribution in [0.25, 0.3) is 0 Å². The van der Waals surface area contributed by atoms with Crippen molar-refractivity contribution < 1.29 is 9.53 Å². The van der Waals surface area contributed by atoms with E-state index in [1.165, 1.54) is 0 Å². The lowest BCUT2D eigenvalue weighted by Gasteiger charge is -2.21. The van der Waals surface area contributed by atoms with Crippen LogP contribution in [0.15, 0.2) is 30.6 Å². The molecule has 0 spiro atoms. The van der Waals surface area contributed by atoms with E-state index in [-0.39, 0.29) is 5.78 Å². The van der Waals surface area contributed by atoms with Gasteiger partial charge in [0.15, 0.2) is 11.5 Å². The summed E-state index contributed by atoms with van der Waals surface area (Å²) in [6.45, 7) is 1.37. The van der Waals surface area contributed by atoms with Crippen molar-refractivity contribution in [2.75, 3.05) is 18.5 Å². The third-order valence-electron chi connectivity index (χ3n) is 3.48. The topological polar surface area (TPSA) is 56.2 Å². The molecule has 5 heteroatoms. The standard InChI is InChI=1S/C15H17N3O2/c1-18-9-7-17-14(18)6-5-13(19)11-3-2-4-12-15(11)20-10-8-16-12/h2-4,7,9,16H,5-6,8,10H2,1H3. The maximum Gasteiger partial charge on any atom is 0.167 e. The predicted octanol–water partition coefficient (Wildman–Crippen LogP) is 2.04. The normalized spacial score (nSPS) is 13.2. The highest BCUT2D eigenvalue weighted by Gasteiger charge is 2.19. The number of Topliss-reactive ketones (excluding diaryl/α,β-unsaturated/α-hetero) is 1. The molecule has 1 N–H and O–H groups in total. The van der Waals surface area contributed by atoms with Crippen molar-refractivity contribution in [2.45, 2.75) is 12.8 Å². The lowest BCUT2D eigenvalue weighted by atomic mass is 10.0. The molecule has 20 heavy (non-hydrogen) atoms. The average molecular weight is 271 g/mol. The Hall–Kier alpha value is -2.30. The molecule has 0 fully saturated rings. The number of nitrogens with one attached hydrogen (secondary N) is 1. The van der Waals surface area contributed by atoms with Crippen LogP contribution in [0, 0.1) is 0 Å². The SMILES string of the molecule is Cn1ccnc1CCC(=O)c1cccc2c1OCCN2. The Kier molecular flexibility index (Phi) is 3.41. The molecule has 0 radical (unpaired) electrons. The average Bonchev–Trinajstić information content (AvgIpc) is 2.89. The van der Waals surface area contributed by atoms with Gasteiger partial charge in [-0.3, -0.25) is 4.79 Å². The summed E-state index contributed by atoms with van der Waals surface area (Å²) in [5.41, 5.74) is 1.56. The number of fused-ring (bicyclic) bond motifs is 1. The van der Waals surface area contributed by atoms with Gasteiger partial charge in [-0.05, 0) is 12.1 Å². The Balaban J connectivity index is 1.76. The number of aromatic nitrogens is 2. The van der Waals surface area contributed by atoms with Gasteiger partial charge in [-0.2, -0.15) is 0 Å². The second kappa shape index (κ2) is 5.36. The van der Waals surface area contributed by atoms with Crippen LogP contribution in [0.2, 0.25) is 0 Å². The fourth-order valence-electron chi connectivity index (χ4n) is 2.39. The first-order valence-electron chi connectivity index (χ1n) is 6.75. The van der Waals surface area contributed by atoms with Crippen LogP contribution in [-0.4, -0.2) is 28.5 Å². The second-order valence-electron chi connectivity index (χ2n) is 4.84. The lowest BCUT2D eigenvalue weighted by molar-refractivity contribution is 0.0978. The molecule has 0 saturated heterocycles. The first kappa shape index (κ1) is 12.7. The molecular weight excluding hydrogens is 254 g/mol. The van der Waals surface area contributed by atoms with Gasteiger partial charge in [0.2, 0.25) is 0 Å². The number of carbonyl (C=O) groups is 1. The van der Waals surface area contributed by atoms with Crippen LogP contribution in [0.3, 0.4) is 0 Å². The van der Waals surface area contributed by atoms with Crippen molar-refractivity contribution >= 4 is 11.5 Å². The molecular formula is C15H17N3O2. The Bertz CT molecular complexity index is 634. The smallest absolute Gasteiger partial charge is 0.167 e. The molecule has 5 nitrogen and oxygen atoms in total. The third-order valence-corrected chi connectivity index (χ3v) is 3.48. The number of hydrogen-bond donors (Lipinski definition) is 1. The van der Waals surface area contributed by atoms with E-state index in [1.807, 2.05) is 36.0 Å². The second-order valence-corrected chi connectivity index (χ2v) is 4.84. The molecule has 1 aromatic heterocycles. The van der Waals surface area contributed by atoms with Crippen LogP contribution in [-0.2, 0) is 13.5 Å². The van der Waals surface area contributed by atoms with Crippen molar-refractivity contribution in [3.05, 3.63) is 42.0 Å². The molecule has 1 aromatic carbocycles. The van der Waals surface area contributed by atoms with Gasteiger partial charge in [0, 0.05) is 38.8 Å². The number of aryl methyl sites for hydroxylation is 2. The fourth-order valence-corrected chi connectivity index (χ4v) is 2.39. The summed E-state index contributed by atoms with van der Waals surface area (Å²) in [6, 6.07) is 5.64. The summed E-state index contributed by atoms with van der Waals surface area (Å²) >= 11 is 0. The minimum Gasteiger partial charge on any atom is -0.489 e. The number of benzene rings is 1. The van der Waals surface area contributed by atoms with Crippen molar-refractivity contribution in [1.82, 2.24) is 9.55 Å². The van der Waals surface area contributed by atoms with E-state index in [9.17, 15) is 4.79 Å². The van der Waals surface area contributed by atoms with Crippen molar-refractivity contribution in [1.29, 1.82) is 0 Å². The summed E-state index contributed by atoms with van der Waals surface area (Å²) in [7, 11) is 1.93. The van der Waals surface area contributed by atoms with Crippen LogP contribution in [0.1, 0.15) is 22.6 Å². The molecule has 0 unspecified atom stereocenters. The van der Waals surface area contributed by atoms with E-state index in [4.69, 9.17) is 4.74 Å². The summed E-state index contributed by atoms with van der Waals surface area (Å²) in [5.74, 6) is 1.69. The number of rotatable bonds is 4. The largest absolute Gasteiger partial charge is 0.489 e. The lowest BCUT2D eigenvalue weighted by Crippen LogP contribution is -2.20. The molecule has 0 bridgehead atoms. The number of hydrogen-bond acceptors (Lipinski definition) is 4. The highest BCUT2D eigenvalue weighted by Crippen LogP contribution is 2.32. The van der Waals surface area contributed by atoms with Crippen LogP contribution in [0.5, 0.6) is 5.75 Å². The quantitative estimate of drug-likeness (QED) is 0.865. The Morgan fingerprint density at radius 3 is 3.20 bits per heavy atom. The zero-order chi connectivity index (χ0) is 13.9. The number of nitrogens with zero attached hydrogens (tertiary/aromatic N) is 2. The highest BCUT2D eigenvalue weighted by atomic mass is 16.5. The van der Waals surface area contributed by atoms with E-state index in [0.29, 0.717) is 30.8 Å². The number of ether oxygens (including phenoxy) is 1. The Morgan fingerprint density at radius 2 is 2.40 bits per heavy atom. The Morgan fingerprint density at radius 1 is 1.50 bits per heavy atom. The molecule has 2 aromatic rings. The number of carbonyl (C=O) groups excluding carboxylic acids is 1. The van der Waals surface area contributed by atoms with Crippen molar-refractivity contribution in [3.8, 4) is 5.75 Å². The maximum absolute atomic E-state index is 12.4. The van der Waals surface area contributed by atoms with E-state index in [0.717, 1.165) is 18.1 Å². The summed E-state index contributed by atoms with van der Waals surface area (Å²) < 4.78 is 7.57. The minimum atomic E-state index is 0.0913. The minimum absolute atomic E-state index is 0.0913. The van der Waals surface area contributed by atoms with E-state index in [1.54, 1.807) is 6.20 Å². The molecule has 0 amide bonds. The third kappa shape index (κ3) is 2.39. The van der Waals surface area contributed by atoms with Gasteiger partial charge >= 0.3 is 0 Å². The van der Waals surface area contributed by atoms with Gasteiger partial charge in [0.05, 0.1) is 11.3 Å². The molecule has 1 aliphatic heterocycles. The Labute approximate surface area is 117 Å². The number of ketones is 1. The van der Waals surface area contributed by atoms with Gasteiger partial charge in [-0.25, -0.2) is 4.98 Å². The van der Waals surface area contributed by atoms with Gasteiger partial charge in [-0.15, -0.1) is 0 Å². The zero-order valence-electron chi connectivity index (χ0n) is 11.4. The first-order valence-corrected chi connectivity index (χ1v) is 6.75. The molecule has 1 aliphatic rings. The summed E-state index contributed by atoms with van der Waals surface area (Å²) in [4.78, 5) is 16.6. The summed E-state index contributed by atoms with van der Waals surface area (Å²) in [5, 5.41) is 3.24. The molecule has 0 saturated carbocycles. The van der Waals surface area contributed by atoms with E-state index in [2.05, 4.69) is 10.3 Å². The molecule has 0 atom stereocenters. The fraction of sp³-hybridized carbons (Fsp3) is 0.333. The highest BCUT2D eigenvalue weighted by molar-refractivity contribution is 6.00. The summed E-state index contributed by atoms with van der Waals surface area (Å²) in [6.07, 6.45) is 4.71. The molecule has 2 heterocycles. The van der Waals surface area contributed by atoms with E-state index >= 15 is 0 Å². The number of imidazole rings is 1. The van der Waals surface area contributed by atoms with Crippen LogP contribution >= 0.6 is 0 Å². The predicted molar refractivity (Wildman–Crippen MR) is 76.3 cm³/mol. The first-order chi connectivity index (χ1) is 9.75. The maximum atomic E-state index is 12.4. The van der Waals surface area contributed by atoms with Crippen LogP contribution in [0.4, 0.5) is 5.69 Å². The van der Waals surface area contributed by atoms with E-state index < -0.39 is 0 Å². The molecule has 104 valence electrons. The number of para-hydroxylation sites is 1. The number of anilines is 1. The van der Waals surface area contributed by atoms with Gasteiger partial charge < -0.3 is 14.6 Å². The van der Waals surface area contributed by atoms with Crippen LogP contribution < -0.4 is 10.1 Å². The van der Waals surface area contributed by atoms with Gasteiger partial charge in [0.1, 0.15) is 12.4 Å². The molecule has 0 aliphatic carbocycles. The van der Waals surface area contributed by atoms with Crippen molar-refractivity contribution in [2.24, 2.45) is 7.05 Å². The van der Waals surface area contributed by atoms with Gasteiger partial charge in [0.25, 0.3) is 0 Å². The van der Waals surface area contributed by atoms with Crippen molar-refractivity contribution in [3.63, 3.8) is 0 Å². The molecule has 3 rings (SSSR count). The van der Waals surface area contributed by atoms with Gasteiger partial charge in [-0.1, -0.05) is 6.07 Å². The monoisotopic (exact) mass is 271 g/mol.